The molecule has 5 nitrogen and oxygen atoms in total. The van der Waals surface area contributed by atoms with Crippen molar-refractivity contribution >= 4 is 28.2 Å². The second kappa shape index (κ2) is 6.54. The first-order valence-electron chi connectivity index (χ1n) is 7.91. The van der Waals surface area contributed by atoms with Crippen molar-refractivity contribution in [2.45, 2.75) is 0 Å². The molecule has 0 atom stereocenters. The molecule has 0 unspecified atom stereocenters. The van der Waals surface area contributed by atoms with E-state index >= 15 is 0 Å². The topological polar surface area (TPSA) is 57.3 Å². The minimum Gasteiger partial charge on any atom is -0.449 e. The third-order valence-corrected chi connectivity index (χ3v) is 4.37. The smallest absolute Gasteiger partial charge is 0.313 e. The molecule has 0 N–H and O–H groups in total. The summed E-state index contributed by atoms with van der Waals surface area (Å²) in [7, 11) is 0. The van der Waals surface area contributed by atoms with Gasteiger partial charge in [-0.05, 0) is 36.4 Å². The minimum atomic E-state index is -0.450. The number of ether oxygens (including phenoxy) is 1. The van der Waals surface area contributed by atoms with Crippen molar-refractivity contribution in [3.8, 4) is 17.2 Å². The van der Waals surface area contributed by atoms with Crippen molar-refractivity contribution in [2.75, 3.05) is 0 Å². The van der Waals surface area contributed by atoms with Crippen molar-refractivity contribution in [3.63, 3.8) is 0 Å². The Morgan fingerprint density at radius 1 is 0.923 bits per heavy atom. The molecule has 128 valence electrons. The second-order valence-electron chi connectivity index (χ2n) is 5.69. The number of nitro benzene ring substituents is 1. The first kappa shape index (κ1) is 16.2. The lowest BCUT2D eigenvalue weighted by Gasteiger charge is -2.09. The van der Waals surface area contributed by atoms with E-state index in [9.17, 15) is 10.1 Å². The fourth-order valence-electron chi connectivity index (χ4n) is 2.83. The molecule has 1 heterocycles. The Kier molecular flexibility index (Phi) is 4.07. The second-order valence-corrected chi connectivity index (χ2v) is 6.10. The third kappa shape index (κ3) is 2.89. The molecule has 0 aliphatic rings. The number of para-hydroxylation sites is 2. The Bertz CT molecular complexity index is 1110. The largest absolute Gasteiger partial charge is 0.449 e. The number of halogens is 1. The van der Waals surface area contributed by atoms with E-state index in [1.807, 2.05) is 47.2 Å². The zero-order chi connectivity index (χ0) is 18.1. The highest BCUT2D eigenvalue weighted by atomic mass is 35.5. The molecule has 4 rings (SSSR count). The number of hydrogen-bond donors (Lipinski definition) is 0. The van der Waals surface area contributed by atoms with E-state index in [1.54, 1.807) is 30.3 Å². The zero-order valence-corrected chi connectivity index (χ0v) is 14.3. The Morgan fingerprint density at radius 2 is 1.65 bits per heavy atom. The quantitative estimate of drug-likeness (QED) is 0.330. The molecule has 0 saturated heterocycles. The molecule has 0 radical (unpaired) electrons. The number of hydrogen-bond acceptors (Lipinski definition) is 3. The molecule has 1 aromatic heterocycles. The van der Waals surface area contributed by atoms with Gasteiger partial charge in [-0.3, -0.25) is 10.1 Å². The molecule has 0 amide bonds. The van der Waals surface area contributed by atoms with Crippen molar-refractivity contribution in [1.82, 2.24) is 4.57 Å². The van der Waals surface area contributed by atoms with Gasteiger partial charge in [0.2, 0.25) is 5.75 Å². The van der Waals surface area contributed by atoms with Crippen LogP contribution in [0.15, 0.2) is 79.0 Å². The van der Waals surface area contributed by atoms with E-state index in [0.29, 0.717) is 10.8 Å². The summed E-state index contributed by atoms with van der Waals surface area (Å²) in [4.78, 5) is 11.1. The molecular weight excluding hydrogens is 352 g/mol. The van der Waals surface area contributed by atoms with E-state index in [1.165, 1.54) is 6.07 Å². The molecule has 26 heavy (non-hydrogen) atoms. The van der Waals surface area contributed by atoms with Crippen LogP contribution < -0.4 is 4.74 Å². The summed E-state index contributed by atoms with van der Waals surface area (Å²) < 4.78 is 7.65. The molecule has 0 saturated carbocycles. The van der Waals surface area contributed by atoms with Crippen LogP contribution >= 0.6 is 11.6 Å². The molecular formula is C20H13ClN2O3. The van der Waals surface area contributed by atoms with E-state index < -0.39 is 4.92 Å². The molecule has 0 bridgehead atoms. The fraction of sp³-hybridized carbons (Fsp3) is 0. The highest BCUT2D eigenvalue weighted by Gasteiger charge is 2.20. The normalized spacial score (nSPS) is 10.8. The maximum Gasteiger partial charge on any atom is 0.313 e. The zero-order valence-electron chi connectivity index (χ0n) is 13.5. The van der Waals surface area contributed by atoms with Crippen molar-refractivity contribution in [2.24, 2.45) is 0 Å². The Morgan fingerprint density at radius 3 is 2.38 bits per heavy atom. The summed E-state index contributed by atoms with van der Waals surface area (Å²) in [6.07, 6.45) is 1.88. The van der Waals surface area contributed by atoms with Gasteiger partial charge in [-0.1, -0.05) is 41.9 Å². The average molecular weight is 365 g/mol. The van der Waals surface area contributed by atoms with Gasteiger partial charge in [-0.2, -0.15) is 0 Å². The average Bonchev–Trinajstić information content (AvgIpc) is 3.06. The summed E-state index contributed by atoms with van der Waals surface area (Å²) in [5.74, 6) is 0.528. The lowest BCUT2D eigenvalue weighted by atomic mass is 10.2. The maximum atomic E-state index is 11.6. The first-order valence-corrected chi connectivity index (χ1v) is 8.28. The van der Waals surface area contributed by atoms with Gasteiger partial charge in [0.25, 0.3) is 0 Å². The van der Waals surface area contributed by atoms with Crippen LogP contribution in [0.4, 0.5) is 5.69 Å². The van der Waals surface area contributed by atoms with Crippen LogP contribution in [0.2, 0.25) is 5.02 Å². The van der Waals surface area contributed by atoms with E-state index in [4.69, 9.17) is 16.3 Å². The number of benzene rings is 3. The SMILES string of the molecule is O=[N+]([O-])c1cc2c(ccn2-c2ccccc2)cc1Oc1ccccc1Cl. The van der Waals surface area contributed by atoms with Gasteiger partial charge in [0.1, 0.15) is 5.75 Å². The summed E-state index contributed by atoms with van der Waals surface area (Å²) >= 11 is 6.11. The maximum absolute atomic E-state index is 11.6. The predicted molar refractivity (Wildman–Crippen MR) is 101 cm³/mol. The monoisotopic (exact) mass is 364 g/mol. The molecule has 4 aromatic rings. The minimum absolute atomic E-state index is 0.117. The van der Waals surface area contributed by atoms with Crippen LogP contribution in [0.1, 0.15) is 0 Å². The van der Waals surface area contributed by atoms with Gasteiger partial charge >= 0.3 is 5.69 Å². The molecule has 3 aromatic carbocycles. The van der Waals surface area contributed by atoms with Gasteiger partial charge in [0.15, 0.2) is 0 Å². The summed E-state index contributed by atoms with van der Waals surface area (Å²) in [5, 5.41) is 12.8. The van der Waals surface area contributed by atoms with Crippen LogP contribution in [0, 0.1) is 10.1 Å². The van der Waals surface area contributed by atoms with Crippen LogP contribution in [0.5, 0.6) is 11.5 Å². The fourth-order valence-corrected chi connectivity index (χ4v) is 3.01. The Balaban J connectivity index is 1.86. The number of aromatic nitrogens is 1. The van der Waals surface area contributed by atoms with Gasteiger partial charge in [-0.25, -0.2) is 0 Å². The van der Waals surface area contributed by atoms with E-state index in [2.05, 4.69) is 0 Å². The van der Waals surface area contributed by atoms with E-state index in [0.717, 1.165) is 16.6 Å². The number of nitro groups is 1. The van der Waals surface area contributed by atoms with Crippen molar-refractivity contribution < 1.29 is 9.66 Å². The highest BCUT2D eigenvalue weighted by molar-refractivity contribution is 6.32. The van der Waals surface area contributed by atoms with Gasteiger partial charge < -0.3 is 9.30 Å². The predicted octanol–water partition coefficient (Wildman–Crippen LogP) is 5.98. The lowest BCUT2D eigenvalue weighted by molar-refractivity contribution is -0.385. The Labute approximate surface area is 154 Å². The Hall–Kier alpha value is -3.31. The van der Waals surface area contributed by atoms with Gasteiger partial charge in [-0.15, -0.1) is 0 Å². The van der Waals surface area contributed by atoms with Gasteiger partial charge in [0, 0.05) is 23.3 Å². The van der Waals surface area contributed by atoms with Crippen LogP contribution in [-0.2, 0) is 0 Å². The third-order valence-electron chi connectivity index (χ3n) is 4.06. The molecule has 6 heteroatoms. The van der Waals surface area contributed by atoms with Crippen LogP contribution in [0.3, 0.4) is 0 Å². The lowest BCUT2D eigenvalue weighted by Crippen LogP contribution is -1.96. The standard InChI is InChI=1S/C20H13ClN2O3/c21-16-8-4-5-9-19(16)26-20-12-14-10-11-22(15-6-2-1-3-7-15)17(14)13-18(20)23(24)25/h1-13H. The van der Waals surface area contributed by atoms with Crippen LogP contribution in [0.25, 0.3) is 16.6 Å². The molecule has 0 fully saturated rings. The number of fused-ring (bicyclic) bond motifs is 1. The first-order chi connectivity index (χ1) is 12.6. The van der Waals surface area contributed by atoms with Gasteiger partial charge in [0.05, 0.1) is 15.5 Å². The summed E-state index contributed by atoms with van der Waals surface area (Å²) in [6, 6.07) is 21.6. The number of rotatable bonds is 4. The van der Waals surface area contributed by atoms with E-state index in [-0.39, 0.29) is 11.4 Å². The molecule has 0 aliphatic carbocycles. The summed E-state index contributed by atoms with van der Waals surface area (Å²) in [5.41, 5.74) is 1.54. The molecule has 0 aliphatic heterocycles. The number of nitrogens with zero attached hydrogens (tertiary/aromatic N) is 2. The van der Waals surface area contributed by atoms with Crippen molar-refractivity contribution in [3.05, 3.63) is 94.1 Å². The molecule has 0 spiro atoms. The van der Waals surface area contributed by atoms with Crippen molar-refractivity contribution in [1.29, 1.82) is 0 Å². The highest BCUT2D eigenvalue weighted by Crippen LogP contribution is 2.38. The van der Waals surface area contributed by atoms with Crippen LogP contribution in [-0.4, -0.2) is 9.49 Å². The summed E-state index contributed by atoms with van der Waals surface area (Å²) in [6.45, 7) is 0.